The van der Waals surface area contributed by atoms with Crippen LogP contribution in [0.2, 0.25) is 0 Å². The summed E-state index contributed by atoms with van der Waals surface area (Å²) < 4.78 is 5.90. The van der Waals surface area contributed by atoms with Crippen molar-refractivity contribution >= 4 is 0 Å². The number of nitrogens with zero attached hydrogens (tertiary/aromatic N) is 1. The van der Waals surface area contributed by atoms with E-state index in [1.165, 1.54) is 43.5 Å². The normalized spacial score (nSPS) is 27.7. The fourth-order valence-corrected chi connectivity index (χ4v) is 3.25. The molecule has 2 aliphatic rings. The second kappa shape index (κ2) is 5.51. The topological polar surface area (TPSA) is 38.5 Å². The third-order valence-corrected chi connectivity index (χ3v) is 4.43. The minimum atomic E-state index is 0.116. The first-order chi connectivity index (χ1) is 9.24. The molecule has 3 rings (SSSR count). The lowest BCUT2D eigenvalue weighted by Crippen LogP contribution is -2.42. The molecule has 2 unspecified atom stereocenters. The van der Waals surface area contributed by atoms with Crippen molar-refractivity contribution in [2.24, 2.45) is 11.7 Å². The predicted octanol–water partition coefficient (Wildman–Crippen LogP) is 2.49. The van der Waals surface area contributed by atoms with Crippen LogP contribution in [0, 0.1) is 12.8 Å². The summed E-state index contributed by atoms with van der Waals surface area (Å²) in [4.78, 5) is 2.55. The summed E-state index contributed by atoms with van der Waals surface area (Å²) in [5, 5.41) is 0. The summed E-state index contributed by atoms with van der Waals surface area (Å²) >= 11 is 0. The predicted molar refractivity (Wildman–Crippen MR) is 77.4 cm³/mol. The van der Waals surface area contributed by atoms with E-state index < -0.39 is 0 Å². The Bertz CT molecular complexity index is 440. The SMILES string of the molecule is Cc1ccc2c(c1)C(N)C(CN1CCCCC1)CO2. The molecular formula is C16H24N2O. The maximum absolute atomic E-state index is 6.47. The zero-order chi connectivity index (χ0) is 13.2. The van der Waals surface area contributed by atoms with Crippen molar-refractivity contribution in [2.45, 2.75) is 32.2 Å². The van der Waals surface area contributed by atoms with E-state index in [9.17, 15) is 0 Å². The molecule has 0 aromatic heterocycles. The second-order valence-electron chi connectivity index (χ2n) is 6.00. The van der Waals surface area contributed by atoms with Crippen LogP contribution in [0.15, 0.2) is 18.2 Å². The Morgan fingerprint density at radius 1 is 1.26 bits per heavy atom. The summed E-state index contributed by atoms with van der Waals surface area (Å²) in [5.74, 6) is 1.40. The fourth-order valence-electron chi connectivity index (χ4n) is 3.25. The van der Waals surface area contributed by atoms with Gasteiger partial charge in [0.2, 0.25) is 0 Å². The summed E-state index contributed by atoms with van der Waals surface area (Å²) in [6.45, 7) is 6.40. The van der Waals surface area contributed by atoms with Crippen LogP contribution in [0.3, 0.4) is 0 Å². The second-order valence-corrected chi connectivity index (χ2v) is 6.00. The summed E-state index contributed by atoms with van der Waals surface area (Å²) in [6.07, 6.45) is 4.04. The molecule has 2 atom stereocenters. The monoisotopic (exact) mass is 260 g/mol. The lowest BCUT2D eigenvalue weighted by atomic mass is 9.89. The molecule has 0 saturated carbocycles. The first-order valence-corrected chi connectivity index (χ1v) is 7.45. The standard InChI is InChI=1S/C16H24N2O/c1-12-5-6-15-14(9-12)16(17)13(11-19-15)10-18-7-3-2-4-8-18/h5-6,9,13,16H,2-4,7-8,10-11,17H2,1H3. The Morgan fingerprint density at radius 2 is 2.05 bits per heavy atom. The maximum Gasteiger partial charge on any atom is 0.124 e. The molecule has 3 nitrogen and oxygen atoms in total. The summed E-state index contributed by atoms with van der Waals surface area (Å²) in [5.41, 5.74) is 8.92. The first-order valence-electron chi connectivity index (χ1n) is 7.45. The van der Waals surface area contributed by atoms with Gasteiger partial charge in [0.1, 0.15) is 5.75 Å². The number of ether oxygens (including phenoxy) is 1. The van der Waals surface area contributed by atoms with Crippen LogP contribution in [0.4, 0.5) is 0 Å². The van der Waals surface area contributed by atoms with E-state index in [0.29, 0.717) is 5.92 Å². The average molecular weight is 260 g/mol. The highest BCUT2D eigenvalue weighted by molar-refractivity contribution is 5.40. The number of hydrogen-bond acceptors (Lipinski definition) is 3. The molecule has 2 heterocycles. The zero-order valence-corrected chi connectivity index (χ0v) is 11.8. The van der Waals surface area contributed by atoms with Crippen molar-refractivity contribution in [3.63, 3.8) is 0 Å². The summed E-state index contributed by atoms with van der Waals surface area (Å²) in [7, 11) is 0. The van der Waals surface area contributed by atoms with Gasteiger partial charge in [-0.25, -0.2) is 0 Å². The van der Waals surface area contributed by atoms with Gasteiger partial charge in [0.25, 0.3) is 0 Å². The van der Waals surface area contributed by atoms with Crippen LogP contribution in [0.1, 0.15) is 36.4 Å². The van der Waals surface area contributed by atoms with E-state index in [4.69, 9.17) is 10.5 Å². The Labute approximate surface area is 115 Å². The van der Waals surface area contributed by atoms with Crippen LogP contribution < -0.4 is 10.5 Å². The number of aryl methyl sites for hydroxylation is 1. The fraction of sp³-hybridized carbons (Fsp3) is 0.625. The maximum atomic E-state index is 6.47. The van der Waals surface area contributed by atoms with Gasteiger partial charge in [0.05, 0.1) is 6.61 Å². The number of benzene rings is 1. The van der Waals surface area contributed by atoms with Crippen molar-refractivity contribution in [1.29, 1.82) is 0 Å². The van der Waals surface area contributed by atoms with E-state index in [-0.39, 0.29) is 6.04 Å². The van der Waals surface area contributed by atoms with Crippen LogP contribution in [0.5, 0.6) is 5.75 Å². The molecule has 0 amide bonds. The molecule has 1 saturated heterocycles. The smallest absolute Gasteiger partial charge is 0.124 e. The third-order valence-electron chi connectivity index (χ3n) is 4.43. The molecule has 0 aliphatic carbocycles. The van der Waals surface area contributed by atoms with Gasteiger partial charge < -0.3 is 15.4 Å². The van der Waals surface area contributed by atoms with Crippen molar-refractivity contribution in [3.05, 3.63) is 29.3 Å². The Hall–Kier alpha value is -1.06. The van der Waals surface area contributed by atoms with Gasteiger partial charge in [0, 0.05) is 24.1 Å². The van der Waals surface area contributed by atoms with Crippen LogP contribution >= 0.6 is 0 Å². The van der Waals surface area contributed by atoms with Gasteiger partial charge in [-0.05, 0) is 38.9 Å². The van der Waals surface area contributed by atoms with E-state index >= 15 is 0 Å². The van der Waals surface area contributed by atoms with Gasteiger partial charge in [0.15, 0.2) is 0 Å². The number of piperidine rings is 1. The molecular weight excluding hydrogens is 236 g/mol. The van der Waals surface area contributed by atoms with Crippen molar-refractivity contribution in [3.8, 4) is 5.75 Å². The molecule has 1 aromatic rings. The molecule has 3 heteroatoms. The van der Waals surface area contributed by atoms with Crippen molar-refractivity contribution < 1.29 is 4.74 Å². The Kier molecular flexibility index (Phi) is 3.76. The molecule has 2 aliphatic heterocycles. The van der Waals surface area contributed by atoms with Crippen LogP contribution in [-0.4, -0.2) is 31.1 Å². The number of rotatable bonds is 2. The average Bonchev–Trinajstić information content (AvgIpc) is 2.44. The number of hydrogen-bond donors (Lipinski definition) is 1. The van der Waals surface area contributed by atoms with E-state index in [0.717, 1.165) is 18.9 Å². The lowest BCUT2D eigenvalue weighted by molar-refractivity contribution is 0.125. The summed E-state index contributed by atoms with van der Waals surface area (Å²) in [6, 6.07) is 6.45. The quantitative estimate of drug-likeness (QED) is 0.888. The highest BCUT2D eigenvalue weighted by Crippen LogP contribution is 2.35. The van der Waals surface area contributed by atoms with Crippen molar-refractivity contribution in [1.82, 2.24) is 4.90 Å². The van der Waals surface area contributed by atoms with E-state index in [1.54, 1.807) is 0 Å². The van der Waals surface area contributed by atoms with Gasteiger partial charge >= 0.3 is 0 Å². The molecule has 19 heavy (non-hydrogen) atoms. The Morgan fingerprint density at radius 3 is 2.84 bits per heavy atom. The Balaban J connectivity index is 1.71. The lowest BCUT2D eigenvalue weighted by Gasteiger charge is -2.36. The van der Waals surface area contributed by atoms with Crippen LogP contribution in [0.25, 0.3) is 0 Å². The van der Waals surface area contributed by atoms with E-state index in [2.05, 4.69) is 30.0 Å². The molecule has 0 bridgehead atoms. The first kappa shape index (κ1) is 12.9. The highest BCUT2D eigenvalue weighted by atomic mass is 16.5. The molecule has 104 valence electrons. The van der Waals surface area contributed by atoms with Gasteiger partial charge in [-0.1, -0.05) is 24.1 Å². The molecule has 2 N–H and O–H groups in total. The number of likely N-dealkylation sites (tertiary alicyclic amines) is 1. The molecule has 0 radical (unpaired) electrons. The van der Waals surface area contributed by atoms with Gasteiger partial charge in [-0.3, -0.25) is 0 Å². The zero-order valence-electron chi connectivity index (χ0n) is 11.8. The van der Waals surface area contributed by atoms with Crippen molar-refractivity contribution in [2.75, 3.05) is 26.2 Å². The van der Waals surface area contributed by atoms with Gasteiger partial charge in [-0.2, -0.15) is 0 Å². The van der Waals surface area contributed by atoms with Crippen LogP contribution in [-0.2, 0) is 0 Å². The van der Waals surface area contributed by atoms with Gasteiger partial charge in [-0.15, -0.1) is 0 Å². The number of nitrogens with two attached hydrogens (primary N) is 1. The number of fused-ring (bicyclic) bond motifs is 1. The van der Waals surface area contributed by atoms with E-state index in [1.807, 2.05) is 0 Å². The minimum absolute atomic E-state index is 0.116. The molecule has 0 spiro atoms. The minimum Gasteiger partial charge on any atom is -0.493 e. The molecule has 1 aromatic carbocycles. The largest absolute Gasteiger partial charge is 0.493 e. The highest BCUT2D eigenvalue weighted by Gasteiger charge is 2.29. The third kappa shape index (κ3) is 2.77. The molecule has 1 fully saturated rings.